The second-order valence-electron chi connectivity index (χ2n) is 3.70. The zero-order chi connectivity index (χ0) is 11.7. The number of ether oxygens (including phenoxy) is 1. The molecule has 0 bridgehead atoms. The highest BCUT2D eigenvalue weighted by Gasteiger charge is 2.11. The zero-order valence-electron chi connectivity index (χ0n) is 9.44. The van der Waals surface area contributed by atoms with Crippen molar-refractivity contribution in [3.63, 3.8) is 0 Å². The minimum Gasteiger partial charge on any atom is -0.463 e. The molecule has 5 nitrogen and oxygen atoms in total. The van der Waals surface area contributed by atoms with Crippen molar-refractivity contribution in [1.82, 2.24) is 19.6 Å². The molecule has 0 saturated carbocycles. The third-order valence-corrected chi connectivity index (χ3v) is 2.40. The summed E-state index contributed by atoms with van der Waals surface area (Å²) in [5.41, 5.74) is 0.896. The maximum atomic E-state index is 6.08. The Bertz CT molecular complexity index is 509. The number of hydrogen-bond acceptors (Lipinski definition) is 4. The van der Waals surface area contributed by atoms with Crippen LogP contribution in [0.4, 0.5) is 0 Å². The monoisotopic (exact) mass is 240 g/mol. The Hall–Kier alpha value is -1.36. The summed E-state index contributed by atoms with van der Waals surface area (Å²) in [5, 5.41) is 4.58. The van der Waals surface area contributed by atoms with Crippen LogP contribution in [0.1, 0.15) is 32.4 Å². The summed E-state index contributed by atoms with van der Waals surface area (Å²) in [4.78, 5) is 8.50. The van der Waals surface area contributed by atoms with Crippen LogP contribution in [0.3, 0.4) is 0 Å². The molecule has 86 valence electrons. The Morgan fingerprint density at radius 3 is 2.81 bits per heavy atom. The van der Waals surface area contributed by atoms with Crippen molar-refractivity contribution in [2.45, 2.75) is 26.7 Å². The van der Waals surface area contributed by atoms with Crippen LogP contribution >= 0.6 is 11.6 Å². The van der Waals surface area contributed by atoms with Gasteiger partial charge in [-0.25, -0.2) is 4.98 Å². The maximum absolute atomic E-state index is 6.08. The van der Waals surface area contributed by atoms with Gasteiger partial charge in [-0.3, -0.25) is 0 Å². The van der Waals surface area contributed by atoms with E-state index in [1.165, 1.54) is 4.52 Å². The van der Waals surface area contributed by atoms with Gasteiger partial charge in [0.1, 0.15) is 5.15 Å². The Labute approximate surface area is 98.4 Å². The van der Waals surface area contributed by atoms with Crippen molar-refractivity contribution in [2.24, 2.45) is 0 Å². The smallest absolute Gasteiger partial charge is 0.337 e. The van der Waals surface area contributed by atoms with E-state index in [1.54, 1.807) is 6.07 Å². The number of halogens is 1. The topological polar surface area (TPSA) is 52.3 Å². The molecule has 0 aliphatic heterocycles. The van der Waals surface area contributed by atoms with Crippen molar-refractivity contribution >= 4 is 17.4 Å². The lowest BCUT2D eigenvalue weighted by atomic mass is 10.1. The van der Waals surface area contributed by atoms with Crippen LogP contribution in [-0.2, 0) is 0 Å². The van der Waals surface area contributed by atoms with Gasteiger partial charge in [-0.1, -0.05) is 25.4 Å². The number of fused-ring (bicyclic) bond motifs is 1. The van der Waals surface area contributed by atoms with Crippen LogP contribution in [-0.4, -0.2) is 26.2 Å². The van der Waals surface area contributed by atoms with E-state index >= 15 is 0 Å². The van der Waals surface area contributed by atoms with Crippen molar-refractivity contribution in [2.75, 3.05) is 6.61 Å². The predicted molar refractivity (Wildman–Crippen MR) is 61.1 cm³/mol. The zero-order valence-corrected chi connectivity index (χ0v) is 10.2. The fraction of sp³-hybridized carbons (Fsp3) is 0.500. The summed E-state index contributed by atoms with van der Waals surface area (Å²) in [7, 11) is 0. The molecule has 2 rings (SSSR count). The largest absolute Gasteiger partial charge is 0.463 e. The lowest BCUT2D eigenvalue weighted by molar-refractivity contribution is 0.313. The molecule has 0 aromatic carbocycles. The van der Waals surface area contributed by atoms with Crippen LogP contribution < -0.4 is 4.74 Å². The molecule has 0 saturated heterocycles. The van der Waals surface area contributed by atoms with Crippen molar-refractivity contribution < 1.29 is 4.74 Å². The molecular formula is C10H13ClN4O. The van der Waals surface area contributed by atoms with Gasteiger partial charge in [0.25, 0.3) is 5.78 Å². The van der Waals surface area contributed by atoms with E-state index in [2.05, 4.69) is 28.9 Å². The van der Waals surface area contributed by atoms with Gasteiger partial charge in [-0.2, -0.15) is 9.50 Å². The molecule has 0 amide bonds. The SMILES string of the molecule is CCOc1nc2nc(C(C)C)cc(Cl)n2n1. The second kappa shape index (κ2) is 4.25. The number of aromatic nitrogens is 4. The van der Waals surface area contributed by atoms with Crippen LogP contribution in [0.15, 0.2) is 6.07 Å². The molecule has 0 N–H and O–H groups in total. The molecule has 2 aromatic heterocycles. The fourth-order valence-corrected chi connectivity index (χ4v) is 1.54. The standard InChI is InChI=1S/C10H13ClN4O/c1-4-16-10-13-9-12-7(6(2)3)5-8(11)15(9)14-10/h5-6H,4H2,1-3H3. The first kappa shape index (κ1) is 11.1. The summed E-state index contributed by atoms with van der Waals surface area (Å²) in [6.07, 6.45) is 0. The predicted octanol–water partition coefficient (Wildman–Crippen LogP) is 2.30. The lowest BCUT2D eigenvalue weighted by Crippen LogP contribution is -1.99. The average Bonchev–Trinajstić information content (AvgIpc) is 2.61. The first-order chi connectivity index (χ1) is 7.61. The van der Waals surface area contributed by atoms with E-state index < -0.39 is 0 Å². The Balaban J connectivity index is 2.54. The third kappa shape index (κ3) is 1.95. The molecule has 0 radical (unpaired) electrons. The minimum absolute atomic E-state index is 0.301. The van der Waals surface area contributed by atoms with Gasteiger partial charge in [0.2, 0.25) is 0 Å². The maximum Gasteiger partial charge on any atom is 0.337 e. The number of nitrogens with zero attached hydrogens (tertiary/aromatic N) is 4. The summed E-state index contributed by atoms with van der Waals surface area (Å²) >= 11 is 6.08. The molecule has 0 spiro atoms. The van der Waals surface area contributed by atoms with E-state index in [1.807, 2.05) is 6.92 Å². The van der Waals surface area contributed by atoms with Crippen LogP contribution in [0.5, 0.6) is 6.01 Å². The molecule has 6 heteroatoms. The highest BCUT2D eigenvalue weighted by molar-refractivity contribution is 6.29. The molecular weight excluding hydrogens is 228 g/mol. The van der Waals surface area contributed by atoms with Gasteiger partial charge in [-0.15, -0.1) is 5.10 Å². The van der Waals surface area contributed by atoms with Gasteiger partial charge < -0.3 is 4.74 Å². The fourth-order valence-electron chi connectivity index (χ4n) is 1.32. The molecule has 0 aliphatic rings. The lowest BCUT2D eigenvalue weighted by Gasteiger charge is -2.04. The highest BCUT2D eigenvalue weighted by Crippen LogP contribution is 2.19. The molecule has 16 heavy (non-hydrogen) atoms. The summed E-state index contributed by atoms with van der Waals surface area (Å²) < 4.78 is 6.68. The van der Waals surface area contributed by atoms with E-state index in [4.69, 9.17) is 16.3 Å². The van der Waals surface area contributed by atoms with Gasteiger partial charge >= 0.3 is 6.01 Å². The minimum atomic E-state index is 0.301. The van der Waals surface area contributed by atoms with Crippen molar-refractivity contribution in [1.29, 1.82) is 0 Å². The Kier molecular flexibility index (Phi) is 2.96. The molecule has 2 heterocycles. The van der Waals surface area contributed by atoms with Gasteiger partial charge in [0.15, 0.2) is 0 Å². The van der Waals surface area contributed by atoms with Crippen LogP contribution in [0, 0.1) is 0 Å². The summed E-state index contributed by atoms with van der Waals surface area (Å²) in [6, 6.07) is 2.10. The van der Waals surface area contributed by atoms with E-state index in [-0.39, 0.29) is 0 Å². The third-order valence-electron chi connectivity index (χ3n) is 2.13. The quantitative estimate of drug-likeness (QED) is 0.773. The van der Waals surface area contributed by atoms with Gasteiger partial charge in [0, 0.05) is 0 Å². The van der Waals surface area contributed by atoms with E-state index in [0.717, 1.165) is 5.69 Å². The molecule has 0 fully saturated rings. The first-order valence-electron chi connectivity index (χ1n) is 5.17. The molecule has 0 atom stereocenters. The van der Waals surface area contributed by atoms with Crippen molar-refractivity contribution in [3.8, 4) is 6.01 Å². The van der Waals surface area contributed by atoms with Gasteiger partial charge in [0.05, 0.1) is 12.3 Å². The summed E-state index contributed by atoms with van der Waals surface area (Å²) in [5.74, 6) is 0.773. The number of rotatable bonds is 3. The van der Waals surface area contributed by atoms with E-state index in [9.17, 15) is 0 Å². The first-order valence-corrected chi connectivity index (χ1v) is 5.55. The van der Waals surface area contributed by atoms with Crippen molar-refractivity contribution in [3.05, 3.63) is 16.9 Å². The summed E-state index contributed by atoms with van der Waals surface area (Å²) in [6.45, 7) is 6.50. The van der Waals surface area contributed by atoms with E-state index in [0.29, 0.717) is 29.5 Å². The second-order valence-corrected chi connectivity index (χ2v) is 4.08. The molecule has 2 aromatic rings. The Morgan fingerprint density at radius 2 is 2.19 bits per heavy atom. The van der Waals surface area contributed by atoms with Gasteiger partial charge in [-0.05, 0) is 18.9 Å². The van der Waals surface area contributed by atoms with Crippen LogP contribution in [0.2, 0.25) is 5.15 Å². The molecule has 0 unspecified atom stereocenters. The molecule has 0 aliphatic carbocycles. The number of hydrogen-bond donors (Lipinski definition) is 0. The Morgan fingerprint density at radius 1 is 1.44 bits per heavy atom. The average molecular weight is 241 g/mol. The van der Waals surface area contributed by atoms with Crippen LogP contribution in [0.25, 0.3) is 5.78 Å². The normalized spacial score (nSPS) is 11.3. The highest BCUT2D eigenvalue weighted by atomic mass is 35.5.